The van der Waals surface area contributed by atoms with Crippen molar-refractivity contribution in [3.63, 3.8) is 0 Å². The summed E-state index contributed by atoms with van der Waals surface area (Å²) in [5.41, 5.74) is 0. The summed E-state index contributed by atoms with van der Waals surface area (Å²) in [6.45, 7) is 8.05. The van der Waals surface area contributed by atoms with Crippen molar-refractivity contribution < 1.29 is 19.1 Å². The molecule has 2 saturated heterocycles. The molecular weight excluding hydrogens is 322 g/mol. The number of hydrogen-bond donors (Lipinski definition) is 2. The van der Waals surface area contributed by atoms with Crippen molar-refractivity contribution >= 4 is 11.8 Å². The summed E-state index contributed by atoms with van der Waals surface area (Å²) in [5.74, 6) is 1.22. The van der Waals surface area contributed by atoms with Gasteiger partial charge < -0.3 is 20.1 Å². The normalized spacial score (nSPS) is 30.7. The SMILES string of the molecule is C[C@@H]1C[C@@H]1C(=O)NCCC(=O)NC[C@H]([C@@H]1CCOC1)N1CCOCC1. The van der Waals surface area contributed by atoms with E-state index in [1.165, 1.54) is 0 Å². The average Bonchev–Trinajstić information content (AvgIpc) is 3.12. The van der Waals surface area contributed by atoms with Crippen LogP contribution in [0, 0.1) is 17.8 Å². The molecule has 0 aromatic heterocycles. The Bertz CT molecular complexity index is 461. The highest BCUT2D eigenvalue weighted by Crippen LogP contribution is 2.37. The fourth-order valence-electron chi connectivity index (χ4n) is 3.78. The minimum atomic E-state index is 0.00122. The lowest BCUT2D eigenvalue weighted by molar-refractivity contribution is -0.123. The lowest BCUT2D eigenvalue weighted by Gasteiger charge is -2.37. The quantitative estimate of drug-likeness (QED) is 0.642. The van der Waals surface area contributed by atoms with Crippen LogP contribution in [0.3, 0.4) is 0 Å². The Balaban J connectivity index is 1.38. The summed E-state index contributed by atoms with van der Waals surface area (Å²) in [6.07, 6.45) is 2.36. The first-order valence-corrected chi connectivity index (χ1v) is 9.59. The Kier molecular flexibility index (Phi) is 6.67. The lowest BCUT2D eigenvalue weighted by Crippen LogP contribution is -2.52. The highest BCUT2D eigenvalue weighted by Gasteiger charge is 2.38. The van der Waals surface area contributed by atoms with Crippen LogP contribution in [0.15, 0.2) is 0 Å². The van der Waals surface area contributed by atoms with Gasteiger partial charge in [-0.25, -0.2) is 0 Å². The van der Waals surface area contributed by atoms with E-state index in [4.69, 9.17) is 9.47 Å². The van der Waals surface area contributed by atoms with Crippen LogP contribution in [-0.2, 0) is 19.1 Å². The number of morpholine rings is 1. The van der Waals surface area contributed by atoms with Gasteiger partial charge in [0.2, 0.25) is 11.8 Å². The topological polar surface area (TPSA) is 79.9 Å². The fourth-order valence-corrected chi connectivity index (χ4v) is 3.78. The number of carbonyl (C=O) groups excluding carboxylic acids is 2. The van der Waals surface area contributed by atoms with Crippen LogP contribution in [0.25, 0.3) is 0 Å². The van der Waals surface area contributed by atoms with E-state index in [2.05, 4.69) is 22.5 Å². The van der Waals surface area contributed by atoms with Crippen molar-refractivity contribution in [3.8, 4) is 0 Å². The molecule has 0 bridgehead atoms. The Hall–Kier alpha value is -1.18. The van der Waals surface area contributed by atoms with Crippen molar-refractivity contribution in [2.75, 3.05) is 52.6 Å². The maximum absolute atomic E-state index is 12.1. The van der Waals surface area contributed by atoms with Crippen molar-refractivity contribution in [1.82, 2.24) is 15.5 Å². The maximum atomic E-state index is 12.1. The molecule has 2 aliphatic heterocycles. The van der Waals surface area contributed by atoms with Gasteiger partial charge in [0.1, 0.15) is 0 Å². The van der Waals surface area contributed by atoms with Gasteiger partial charge >= 0.3 is 0 Å². The van der Waals surface area contributed by atoms with E-state index in [1.807, 2.05) is 0 Å². The third-order valence-corrected chi connectivity index (χ3v) is 5.63. The second-order valence-corrected chi connectivity index (χ2v) is 7.50. The molecule has 7 heteroatoms. The standard InChI is InChI=1S/C18H31N3O4/c1-13-10-15(13)18(23)19-4-2-17(22)20-11-16(14-3-7-25-12-14)21-5-8-24-9-6-21/h13-16H,2-12H2,1H3,(H,19,23)(H,20,22)/t13-,14-,15+,16-/m1/s1. The zero-order valence-corrected chi connectivity index (χ0v) is 15.2. The number of carbonyl (C=O) groups is 2. The molecule has 2 N–H and O–H groups in total. The summed E-state index contributed by atoms with van der Waals surface area (Å²) in [4.78, 5) is 26.3. The molecule has 1 saturated carbocycles. The van der Waals surface area contributed by atoms with Gasteiger partial charge in [0, 0.05) is 57.1 Å². The molecule has 4 atom stereocenters. The van der Waals surface area contributed by atoms with Gasteiger partial charge in [0.05, 0.1) is 19.8 Å². The Morgan fingerprint density at radius 2 is 1.92 bits per heavy atom. The van der Waals surface area contributed by atoms with E-state index in [0.717, 1.165) is 52.4 Å². The first kappa shape index (κ1) is 18.6. The van der Waals surface area contributed by atoms with E-state index >= 15 is 0 Å². The first-order chi connectivity index (χ1) is 12.1. The molecule has 25 heavy (non-hydrogen) atoms. The van der Waals surface area contributed by atoms with Gasteiger partial charge in [-0.2, -0.15) is 0 Å². The second-order valence-electron chi connectivity index (χ2n) is 7.50. The Morgan fingerprint density at radius 1 is 1.16 bits per heavy atom. The van der Waals surface area contributed by atoms with Crippen LogP contribution in [0.2, 0.25) is 0 Å². The second kappa shape index (κ2) is 8.96. The van der Waals surface area contributed by atoms with E-state index in [1.54, 1.807) is 0 Å². The van der Waals surface area contributed by atoms with Gasteiger partial charge in [0.15, 0.2) is 0 Å². The van der Waals surface area contributed by atoms with Crippen molar-refractivity contribution in [2.24, 2.45) is 17.8 Å². The lowest BCUT2D eigenvalue weighted by atomic mass is 9.97. The molecule has 142 valence electrons. The van der Waals surface area contributed by atoms with E-state index in [9.17, 15) is 9.59 Å². The molecule has 3 rings (SSSR count). The number of nitrogens with one attached hydrogen (secondary N) is 2. The van der Waals surface area contributed by atoms with E-state index in [-0.39, 0.29) is 17.7 Å². The van der Waals surface area contributed by atoms with Crippen LogP contribution in [0.1, 0.15) is 26.2 Å². The highest BCUT2D eigenvalue weighted by molar-refractivity contribution is 5.82. The zero-order chi connectivity index (χ0) is 17.6. The summed E-state index contributed by atoms with van der Waals surface area (Å²) in [5, 5.41) is 5.92. The van der Waals surface area contributed by atoms with Gasteiger partial charge in [0.25, 0.3) is 0 Å². The van der Waals surface area contributed by atoms with Crippen LogP contribution in [0.4, 0.5) is 0 Å². The number of nitrogens with zero attached hydrogens (tertiary/aromatic N) is 1. The molecule has 7 nitrogen and oxygen atoms in total. The van der Waals surface area contributed by atoms with Gasteiger partial charge in [-0.1, -0.05) is 6.92 Å². The molecule has 3 fully saturated rings. The third kappa shape index (κ3) is 5.39. The predicted molar refractivity (Wildman–Crippen MR) is 93.0 cm³/mol. The summed E-state index contributed by atoms with van der Waals surface area (Å²) >= 11 is 0. The molecule has 0 radical (unpaired) electrons. The summed E-state index contributed by atoms with van der Waals surface area (Å²) < 4.78 is 11.0. The largest absolute Gasteiger partial charge is 0.381 e. The number of ether oxygens (including phenoxy) is 2. The van der Waals surface area contributed by atoms with E-state index in [0.29, 0.717) is 37.4 Å². The van der Waals surface area contributed by atoms with Crippen LogP contribution in [-0.4, -0.2) is 75.4 Å². The van der Waals surface area contributed by atoms with E-state index < -0.39 is 0 Å². The van der Waals surface area contributed by atoms with Gasteiger partial charge in [-0.15, -0.1) is 0 Å². The molecule has 0 unspecified atom stereocenters. The van der Waals surface area contributed by atoms with Crippen LogP contribution < -0.4 is 10.6 Å². The monoisotopic (exact) mass is 353 g/mol. The molecule has 1 aliphatic carbocycles. The molecule has 0 aromatic carbocycles. The number of hydrogen-bond acceptors (Lipinski definition) is 5. The zero-order valence-electron chi connectivity index (χ0n) is 15.2. The fraction of sp³-hybridized carbons (Fsp3) is 0.889. The molecular formula is C18H31N3O4. The summed E-state index contributed by atoms with van der Waals surface area (Å²) in [7, 11) is 0. The molecule has 0 aromatic rings. The smallest absolute Gasteiger partial charge is 0.223 e. The van der Waals surface area contributed by atoms with Gasteiger partial charge in [-0.3, -0.25) is 14.5 Å². The van der Waals surface area contributed by atoms with Crippen LogP contribution in [0.5, 0.6) is 0 Å². The molecule has 0 spiro atoms. The van der Waals surface area contributed by atoms with Crippen molar-refractivity contribution in [3.05, 3.63) is 0 Å². The maximum Gasteiger partial charge on any atom is 0.223 e. The minimum absolute atomic E-state index is 0.00122. The average molecular weight is 353 g/mol. The third-order valence-electron chi connectivity index (χ3n) is 5.63. The number of amides is 2. The Morgan fingerprint density at radius 3 is 2.56 bits per heavy atom. The number of rotatable bonds is 8. The predicted octanol–water partition coefficient (Wildman–Crippen LogP) is 0.00220. The van der Waals surface area contributed by atoms with Gasteiger partial charge in [-0.05, 0) is 18.8 Å². The van der Waals surface area contributed by atoms with Crippen molar-refractivity contribution in [2.45, 2.75) is 32.2 Å². The minimum Gasteiger partial charge on any atom is -0.381 e. The molecule has 2 amide bonds. The van der Waals surface area contributed by atoms with Crippen LogP contribution >= 0.6 is 0 Å². The first-order valence-electron chi connectivity index (χ1n) is 9.59. The Labute approximate surface area is 149 Å². The highest BCUT2D eigenvalue weighted by atomic mass is 16.5. The molecule has 3 aliphatic rings. The molecule has 2 heterocycles. The van der Waals surface area contributed by atoms with Crippen molar-refractivity contribution in [1.29, 1.82) is 0 Å². The summed E-state index contributed by atoms with van der Waals surface area (Å²) in [6, 6.07) is 0.303.